The Morgan fingerprint density at radius 2 is 1.67 bits per heavy atom. The van der Waals surface area contributed by atoms with Gasteiger partial charge in [0.15, 0.2) is 11.6 Å². The Morgan fingerprint density at radius 1 is 0.952 bits per heavy atom. The summed E-state index contributed by atoms with van der Waals surface area (Å²) in [6, 6.07) is 5.48. The van der Waals surface area contributed by atoms with Crippen molar-refractivity contribution in [3.05, 3.63) is 70.3 Å². The summed E-state index contributed by atoms with van der Waals surface area (Å²) in [4.78, 5) is 0. The topological polar surface area (TPSA) is 12.0 Å². The first-order valence-electron chi connectivity index (χ1n) is 6.50. The van der Waals surface area contributed by atoms with Crippen LogP contribution in [0.3, 0.4) is 0 Å². The Morgan fingerprint density at radius 3 is 2.33 bits per heavy atom. The van der Waals surface area contributed by atoms with Gasteiger partial charge in [0.1, 0.15) is 11.6 Å². The predicted molar refractivity (Wildman–Crippen MR) is 73.0 cm³/mol. The quantitative estimate of drug-likeness (QED) is 0.839. The molecule has 0 amide bonds. The molecule has 5 heteroatoms. The third-order valence-corrected chi connectivity index (χ3v) is 3.47. The van der Waals surface area contributed by atoms with Crippen molar-refractivity contribution in [2.45, 2.75) is 19.4 Å². The van der Waals surface area contributed by atoms with Crippen LogP contribution in [0.15, 0.2) is 30.3 Å². The molecule has 2 aromatic rings. The molecular weight excluding hydrogens is 282 g/mol. The predicted octanol–water partition coefficient (Wildman–Crippen LogP) is 4.05. The number of rotatable bonds is 4. The third-order valence-electron chi connectivity index (χ3n) is 3.47. The van der Waals surface area contributed by atoms with Crippen LogP contribution in [0.2, 0.25) is 0 Å². The standard InChI is InChI=1S/C16H15F4N/c1-9-6-7-11(17)14(15(9)19)13(21-2)8-10-4-3-5-12(18)16(10)20/h3-7,13,21H,8H2,1-2H3. The fraction of sp³-hybridized carbons (Fsp3) is 0.250. The Kier molecular flexibility index (Phi) is 4.63. The smallest absolute Gasteiger partial charge is 0.162 e. The van der Waals surface area contributed by atoms with E-state index in [1.165, 1.54) is 38.2 Å². The molecule has 0 aliphatic heterocycles. The maximum atomic E-state index is 14.1. The van der Waals surface area contributed by atoms with Gasteiger partial charge in [-0.3, -0.25) is 0 Å². The van der Waals surface area contributed by atoms with Crippen LogP contribution in [-0.2, 0) is 6.42 Å². The molecule has 0 bridgehead atoms. The van der Waals surface area contributed by atoms with Gasteiger partial charge < -0.3 is 5.32 Å². The molecule has 1 N–H and O–H groups in total. The van der Waals surface area contributed by atoms with Crippen molar-refractivity contribution in [3.63, 3.8) is 0 Å². The maximum Gasteiger partial charge on any atom is 0.162 e. The zero-order chi connectivity index (χ0) is 15.6. The Bertz CT molecular complexity index is 655. The van der Waals surface area contributed by atoms with Gasteiger partial charge in [-0.2, -0.15) is 0 Å². The summed E-state index contributed by atoms with van der Waals surface area (Å²) in [5.41, 5.74) is 0.196. The average Bonchev–Trinajstić information content (AvgIpc) is 2.46. The number of halogens is 4. The molecule has 2 rings (SSSR count). The number of likely N-dealkylation sites (N-methyl/N-ethyl adjacent to an activating group) is 1. The lowest BCUT2D eigenvalue weighted by atomic mass is 9.96. The molecule has 0 fully saturated rings. The Labute approximate surface area is 120 Å². The van der Waals surface area contributed by atoms with Crippen molar-refractivity contribution in [1.82, 2.24) is 5.32 Å². The van der Waals surface area contributed by atoms with Gasteiger partial charge in [-0.15, -0.1) is 0 Å². The normalized spacial score (nSPS) is 12.5. The number of hydrogen-bond donors (Lipinski definition) is 1. The summed E-state index contributed by atoms with van der Waals surface area (Å²) in [6.07, 6.45) is -0.0581. The SMILES string of the molecule is CNC(Cc1cccc(F)c1F)c1c(F)ccc(C)c1F. The molecule has 0 saturated heterocycles. The van der Waals surface area contributed by atoms with Gasteiger partial charge in [-0.05, 0) is 43.7 Å². The minimum atomic E-state index is -0.994. The van der Waals surface area contributed by atoms with E-state index in [0.29, 0.717) is 5.56 Å². The molecule has 1 unspecified atom stereocenters. The Balaban J connectivity index is 2.42. The minimum Gasteiger partial charge on any atom is -0.313 e. The highest BCUT2D eigenvalue weighted by molar-refractivity contribution is 5.31. The number of benzene rings is 2. The molecule has 0 aromatic heterocycles. The van der Waals surface area contributed by atoms with E-state index >= 15 is 0 Å². The molecule has 2 aromatic carbocycles. The van der Waals surface area contributed by atoms with E-state index in [9.17, 15) is 17.6 Å². The van der Waals surface area contributed by atoms with Gasteiger partial charge in [0.05, 0.1) is 0 Å². The van der Waals surface area contributed by atoms with E-state index in [0.717, 1.165) is 6.07 Å². The number of aryl methyl sites for hydroxylation is 1. The molecule has 0 aliphatic carbocycles. The van der Waals surface area contributed by atoms with Crippen LogP contribution in [0.1, 0.15) is 22.7 Å². The highest BCUT2D eigenvalue weighted by Crippen LogP contribution is 2.27. The summed E-state index contributed by atoms with van der Waals surface area (Å²) in [5, 5.41) is 2.75. The van der Waals surface area contributed by atoms with Crippen LogP contribution in [0.25, 0.3) is 0 Å². The lowest BCUT2D eigenvalue weighted by Gasteiger charge is -2.19. The highest BCUT2D eigenvalue weighted by atomic mass is 19.2. The van der Waals surface area contributed by atoms with Crippen LogP contribution >= 0.6 is 0 Å². The largest absolute Gasteiger partial charge is 0.313 e. The Hall–Kier alpha value is -1.88. The molecule has 0 radical (unpaired) electrons. The maximum absolute atomic E-state index is 14.1. The molecule has 0 saturated carbocycles. The van der Waals surface area contributed by atoms with E-state index in [1.54, 1.807) is 0 Å². The molecular formula is C16H15F4N. The molecule has 1 atom stereocenters. The second-order valence-electron chi connectivity index (χ2n) is 4.85. The first-order valence-corrected chi connectivity index (χ1v) is 6.50. The fourth-order valence-electron chi connectivity index (χ4n) is 2.27. The van der Waals surface area contributed by atoms with Crippen LogP contribution in [0, 0.1) is 30.2 Å². The molecule has 21 heavy (non-hydrogen) atoms. The van der Waals surface area contributed by atoms with Crippen LogP contribution in [-0.4, -0.2) is 7.05 Å². The number of hydrogen-bond acceptors (Lipinski definition) is 1. The monoisotopic (exact) mass is 297 g/mol. The van der Waals surface area contributed by atoms with Crippen molar-refractivity contribution >= 4 is 0 Å². The van der Waals surface area contributed by atoms with Gasteiger partial charge >= 0.3 is 0 Å². The highest BCUT2D eigenvalue weighted by Gasteiger charge is 2.22. The van der Waals surface area contributed by atoms with Crippen LogP contribution < -0.4 is 5.32 Å². The summed E-state index contributed by atoms with van der Waals surface area (Å²) < 4.78 is 55.0. The third kappa shape index (κ3) is 3.08. The first-order chi connectivity index (χ1) is 9.95. The van der Waals surface area contributed by atoms with Crippen molar-refractivity contribution in [1.29, 1.82) is 0 Å². The zero-order valence-corrected chi connectivity index (χ0v) is 11.7. The van der Waals surface area contributed by atoms with Crippen molar-refractivity contribution in [2.75, 3.05) is 7.05 Å². The van der Waals surface area contributed by atoms with Crippen LogP contribution in [0.4, 0.5) is 17.6 Å². The summed E-state index contributed by atoms with van der Waals surface area (Å²) in [6.45, 7) is 1.52. The van der Waals surface area contributed by atoms with E-state index in [-0.39, 0.29) is 17.5 Å². The second-order valence-corrected chi connectivity index (χ2v) is 4.85. The second kappa shape index (κ2) is 6.26. The van der Waals surface area contributed by atoms with Gasteiger partial charge in [0.2, 0.25) is 0 Å². The van der Waals surface area contributed by atoms with Crippen molar-refractivity contribution in [3.8, 4) is 0 Å². The molecule has 112 valence electrons. The van der Waals surface area contributed by atoms with Crippen molar-refractivity contribution < 1.29 is 17.6 Å². The summed E-state index contributed by atoms with van der Waals surface area (Å²) >= 11 is 0. The van der Waals surface area contributed by atoms with E-state index < -0.39 is 29.3 Å². The minimum absolute atomic E-state index is 0.0581. The fourth-order valence-corrected chi connectivity index (χ4v) is 2.27. The first kappa shape index (κ1) is 15.5. The molecule has 0 aliphatic rings. The van der Waals surface area contributed by atoms with Gasteiger partial charge in [-0.1, -0.05) is 18.2 Å². The van der Waals surface area contributed by atoms with Gasteiger partial charge in [-0.25, -0.2) is 17.6 Å². The van der Waals surface area contributed by atoms with Gasteiger partial charge in [0.25, 0.3) is 0 Å². The van der Waals surface area contributed by atoms with E-state index in [2.05, 4.69) is 5.32 Å². The summed E-state index contributed by atoms with van der Waals surface area (Å²) in [5.74, 6) is -3.36. The van der Waals surface area contributed by atoms with Gasteiger partial charge in [0, 0.05) is 11.6 Å². The lowest BCUT2D eigenvalue weighted by molar-refractivity contribution is 0.464. The zero-order valence-electron chi connectivity index (χ0n) is 11.7. The average molecular weight is 297 g/mol. The number of nitrogens with one attached hydrogen (secondary N) is 1. The van der Waals surface area contributed by atoms with Crippen molar-refractivity contribution in [2.24, 2.45) is 0 Å². The molecule has 0 heterocycles. The molecule has 0 spiro atoms. The van der Waals surface area contributed by atoms with Crippen LogP contribution in [0.5, 0.6) is 0 Å². The summed E-state index contributed by atoms with van der Waals surface area (Å²) in [7, 11) is 1.52. The van der Waals surface area contributed by atoms with E-state index in [1.807, 2.05) is 0 Å². The van der Waals surface area contributed by atoms with E-state index in [4.69, 9.17) is 0 Å². The molecule has 1 nitrogen and oxygen atoms in total. The lowest BCUT2D eigenvalue weighted by Crippen LogP contribution is -2.22.